The van der Waals surface area contributed by atoms with Crippen LogP contribution in [0.25, 0.3) is 10.4 Å². The molecule has 2 aromatic carbocycles. The highest BCUT2D eigenvalue weighted by atomic mass is 32.1. The number of methoxy groups -OCH3 is 1. The fourth-order valence-corrected chi connectivity index (χ4v) is 7.10. The summed E-state index contributed by atoms with van der Waals surface area (Å²) in [4.78, 5) is 19.8. The molecule has 0 aliphatic heterocycles. The summed E-state index contributed by atoms with van der Waals surface area (Å²) in [6, 6.07) is 13.6. The summed E-state index contributed by atoms with van der Waals surface area (Å²) in [6.07, 6.45) is 2.97. The van der Waals surface area contributed by atoms with Crippen LogP contribution in [0, 0.1) is 18.8 Å². The summed E-state index contributed by atoms with van der Waals surface area (Å²) < 4.78 is 45.0. The van der Waals surface area contributed by atoms with Crippen molar-refractivity contribution in [3.05, 3.63) is 64.8 Å². The number of alkyl halides is 3. The normalized spacial score (nSPS) is 23.3. The van der Waals surface area contributed by atoms with Gasteiger partial charge in [-0.05, 0) is 105 Å². The molecule has 3 aromatic rings. The van der Waals surface area contributed by atoms with E-state index in [1.807, 2.05) is 23.1 Å². The molecule has 1 aromatic heterocycles. The van der Waals surface area contributed by atoms with Gasteiger partial charge in [-0.1, -0.05) is 24.3 Å². The fourth-order valence-electron chi connectivity index (χ4n) is 6.32. The van der Waals surface area contributed by atoms with Crippen LogP contribution in [0.1, 0.15) is 73.4 Å². The molecule has 2 saturated carbocycles. The van der Waals surface area contributed by atoms with Gasteiger partial charge in [0.25, 0.3) is 0 Å². The van der Waals surface area contributed by atoms with Crippen LogP contribution in [0.4, 0.5) is 18.9 Å². The number of anilines is 1. The number of ether oxygens (including phenoxy) is 1. The maximum absolute atomic E-state index is 13.9. The van der Waals surface area contributed by atoms with Gasteiger partial charge >= 0.3 is 6.18 Å². The van der Waals surface area contributed by atoms with Crippen molar-refractivity contribution in [2.24, 2.45) is 11.8 Å². The standard InChI is InChI=1S/C32H37F3N2O3S/c1-20-16-24(12-15-28(20)40-2)22-8-6-21(7-9-22)19-37(30(39)23-10-13-27(38)14-11-23)26-5-3-4-25(17-26)29-18-36-31(41-29)32(33,34)35/h3-5,12,15-18,21-23,27,38H,6-11,13-14,19H2,1-2H3/t21-,22-,23-,27-. The summed E-state index contributed by atoms with van der Waals surface area (Å²) in [7, 11) is 1.68. The fraction of sp³-hybridized carbons (Fsp3) is 0.500. The predicted octanol–water partition coefficient (Wildman–Crippen LogP) is 8.00. The topological polar surface area (TPSA) is 62.7 Å². The van der Waals surface area contributed by atoms with Gasteiger partial charge in [-0.3, -0.25) is 4.79 Å². The molecule has 9 heteroatoms. The molecule has 0 saturated heterocycles. The smallest absolute Gasteiger partial charge is 0.443 e. The van der Waals surface area contributed by atoms with Gasteiger partial charge in [-0.15, -0.1) is 11.3 Å². The van der Waals surface area contributed by atoms with Crippen LogP contribution in [0.5, 0.6) is 5.75 Å². The first-order valence-corrected chi connectivity index (χ1v) is 15.2. The summed E-state index contributed by atoms with van der Waals surface area (Å²) >= 11 is 0.612. The first kappa shape index (κ1) is 29.6. The molecule has 0 bridgehead atoms. The lowest BCUT2D eigenvalue weighted by molar-refractivity contribution is -0.137. The van der Waals surface area contributed by atoms with Crippen molar-refractivity contribution in [1.29, 1.82) is 0 Å². The number of hydrogen-bond acceptors (Lipinski definition) is 5. The molecule has 1 amide bonds. The van der Waals surface area contributed by atoms with Crippen LogP contribution in [0.2, 0.25) is 0 Å². The van der Waals surface area contributed by atoms with Crippen LogP contribution < -0.4 is 9.64 Å². The number of carbonyl (C=O) groups is 1. The van der Waals surface area contributed by atoms with Crippen molar-refractivity contribution in [2.75, 3.05) is 18.6 Å². The van der Waals surface area contributed by atoms with E-state index >= 15 is 0 Å². The second kappa shape index (κ2) is 12.5. The van der Waals surface area contributed by atoms with Crippen molar-refractivity contribution in [3.8, 4) is 16.2 Å². The Hall–Kier alpha value is -2.91. The number of hydrogen-bond donors (Lipinski definition) is 1. The second-order valence-corrected chi connectivity index (χ2v) is 12.5. The molecule has 1 heterocycles. The van der Waals surface area contributed by atoms with Gasteiger partial charge in [-0.2, -0.15) is 13.2 Å². The Morgan fingerprint density at radius 3 is 2.41 bits per heavy atom. The molecule has 0 radical (unpaired) electrons. The molecule has 5 rings (SSSR count). The van der Waals surface area contributed by atoms with E-state index in [1.165, 1.54) is 11.8 Å². The lowest BCUT2D eigenvalue weighted by Crippen LogP contribution is -2.41. The van der Waals surface area contributed by atoms with Gasteiger partial charge in [0.2, 0.25) is 5.91 Å². The molecule has 2 fully saturated rings. The van der Waals surface area contributed by atoms with E-state index in [9.17, 15) is 23.1 Å². The van der Waals surface area contributed by atoms with E-state index < -0.39 is 11.2 Å². The first-order chi connectivity index (χ1) is 19.6. The highest BCUT2D eigenvalue weighted by molar-refractivity contribution is 7.15. The third-order valence-electron chi connectivity index (χ3n) is 8.68. The second-order valence-electron chi connectivity index (χ2n) is 11.5. The maximum atomic E-state index is 13.9. The van der Waals surface area contributed by atoms with Gasteiger partial charge in [0, 0.05) is 24.3 Å². The van der Waals surface area contributed by atoms with E-state index in [2.05, 4.69) is 24.0 Å². The Balaban J connectivity index is 1.34. The van der Waals surface area contributed by atoms with Crippen molar-refractivity contribution in [1.82, 2.24) is 4.98 Å². The van der Waals surface area contributed by atoms with E-state index in [0.717, 1.165) is 37.0 Å². The van der Waals surface area contributed by atoms with Crippen LogP contribution in [0.15, 0.2) is 48.7 Å². The summed E-state index contributed by atoms with van der Waals surface area (Å²) in [5.41, 5.74) is 3.77. The predicted molar refractivity (Wildman–Crippen MR) is 155 cm³/mol. The molecule has 0 spiro atoms. The summed E-state index contributed by atoms with van der Waals surface area (Å²) in [5.74, 6) is 1.56. The number of halogens is 3. The van der Waals surface area contributed by atoms with E-state index in [1.54, 1.807) is 19.2 Å². The van der Waals surface area contributed by atoms with Crippen molar-refractivity contribution in [3.63, 3.8) is 0 Å². The van der Waals surface area contributed by atoms with E-state index in [0.29, 0.717) is 71.5 Å². The summed E-state index contributed by atoms with van der Waals surface area (Å²) in [5, 5.41) is 9.12. The maximum Gasteiger partial charge on any atom is 0.443 e. The third-order valence-corrected chi connectivity index (χ3v) is 9.77. The van der Waals surface area contributed by atoms with Gasteiger partial charge in [0.05, 0.1) is 18.1 Å². The quantitative estimate of drug-likeness (QED) is 0.305. The molecule has 0 atom stereocenters. The molecule has 1 N–H and O–H groups in total. The number of amides is 1. The number of aryl methyl sites for hydroxylation is 1. The molecular weight excluding hydrogens is 549 g/mol. The third kappa shape index (κ3) is 6.95. The van der Waals surface area contributed by atoms with Crippen LogP contribution in [-0.2, 0) is 11.0 Å². The SMILES string of the molecule is COc1ccc([C@H]2CC[C@H](CN(c3cccc(-c4cnc(C(F)(F)F)s4)c3)C(=O)[C@H]3CC[C@H](O)CC3)CC2)cc1C. The van der Waals surface area contributed by atoms with Gasteiger partial charge < -0.3 is 14.7 Å². The van der Waals surface area contributed by atoms with E-state index in [-0.39, 0.29) is 17.9 Å². The summed E-state index contributed by atoms with van der Waals surface area (Å²) in [6.45, 7) is 2.64. The molecule has 2 aliphatic carbocycles. The lowest BCUT2D eigenvalue weighted by Gasteiger charge is -2.36. The molecule has 2 aliphatic rings. The highest BCUT2D eigenvalue weighted by Gasteiger charge is 2.35. The van der Waals surface area contributed by atoms with Crippen LogP contribution in [0.3, 0.4) is 0 Å². The number of rotatable bonds is 7. The van der Waals surface area contributed by atoms with Crippen molar-refractivity contribution in [2.45, 2.75) is 76.5 Å². The zero-order valence-corrected chi connectivity index (χ0v) is 24.3. The van der Waals surface area contributed by atoms with E-state index in [4.69, 9.17) is 4.74 Å². The Morgan fingerprint density at radius 1 is 1.05 bits per heavy atom. The monoisotopic (exact) mass is 586 g/mol. The Morgan fingerprint density at radius 2 is 1.78 bits per heavy atom. The number of thiazole rings is 1. The average molecular weight is 587 g/mol. The lowest BCUT2D eigenvalue weighted by atomic mass is 9.78. The molecular formula is C32H37F3N2O3S. The Labute approximate surface area is 243 Å². The Bertz CT molecular complexity index is 1340. The zero-order valence-electron chi connectivity index (χ0n) is 23.5. The van der Waals surface area contributed by atoms with Crippen molar-refractivity contribution >= 4 is 22.9 Å². The number of nitrogens with zero attached hydrogens (tertiary/aromatic N) is 2. The molecule has 5 nitrogen and oxygen atoms in total. The molecule has 0 unspecified atom stereocenters. The van der Waals surface area contributed by atoms with Crippen LogP contribution >= 0.6 is 11.3 Å². The zero-order chi connectivity index (χ0) is 29.1. The highest BCUT2D eigenvalue weighted by Crippen LogP contribution is 2.40. The Kier molecular flexibility index (Phi) is 9.04. The molecule has 220 valence electrons. The minimum Gasteiger partial charge on any atom is -0.496 e. The van der Waals surface area contributed by atoms with Gasteiger partial charge in [-0.25, -0.2) is 4.98 Å². The van der Waals surface area contributed by atoms with Gasteiger partial charge in [0.15, 0.2) is 5.01 Å². The minimum atomic E-state index is -4.49. The number of aromatic nitrogens is 1. The number of aliphatic hydroxyl groups excluding tert-OH is 1. The van der Waals surface area contributed by atoms with Crippen LogP contribution in [-0.4, -0.2) is 35.8 Å². The largest absolute Gasteiger partial charge is 0.496 e. The first-order valence-electron chi connectivity index (χ1n) is 14.4. The van der Waals surface area contributed by atoms with Gasteiger partial charge in [0.1, 0.15) is 5.75 Å². The van der Waals surface area contributed by atoms with Crippen molar-refractivity contribution < 1.29 is 27.8 Å². The average Bonchev–Trinajstić information content (AvgIpc) is 3.48. The molecule has 41 heavy (non-hydrogen) atoms. The number of carbonyl (C=O) groups excluding carboxylic acids is 1. The number of aliphatic hydroxyl groups is 1. The number of benzene rings is 2. The minimum absolute atomic E-state index is 0.0437.